The maximum Gasteiger partial charge on any atom is 0.279 e. The quantitative estimate of drug-likeness (QED) is 0.698. The summed E-state index contributed by atoms with van der Waals surface area (Å²) in [7, 11) is -3.35. The van der Waals surface area contributed by atoms with Crippen LogP contribution < -0.4 is 4.72 Å². The molecule has 0 spiro atoms. The predicted molar refractivity (Wildman–Crippen MR) is 72.4 cm³/mol. The second kappa shape index (κ2) is 7.43. The fraction of sp³-hybridized carbons (Fsp3) is 1.00. The van der Waals surface area contributed by atoms with Crippen LogP contribution in [0, 0.1) is 5.92 Å². The van der Waals surface area contributed by atoms with E-state index in [1.54, 1.807) is 0 Å². The molecule has 0 aliphatic heterocycles. The SMILES string of the molecule is CCCN(CCC)S(=O)(=O)NCC1CCC(O)C1. The van der Waals surface area contributed by atoms with Crippen molar-refractivity contribution in [2.24, 2.45) is 5.92 Å². The molecule has 6 heteroatoms. The first kappa shape index (κ1) is 15.9. The Labute approximate surface area is 111 Å². The van der Waals surface area contributed by atoms with E-state index in [1.807, 2.05) is 13.8 Å². The standard InChI is InChI=1S/C12H26N2O3S/c1-3-7-14(8-4-2)18(16,17)13-10-11-5-6-12(15)9-11/h11-13,15H,3-10H2,1-2H3. The number of rotatable bonds is 8. The van der Waals surface area contributed by atoms with Crippen molar-refractivity contribution >= 4 is 10.2 Å². The van der Waals surface area contributed by atoms with Crippen molar-refractivity contribution in [3.8, 4) is 0 Å². The molecular formula is C12H26N2O3S. The fourth-order valence-electron chi connectivity index (χ4n) is 2.40. The van der Waals surface area contributed by atoms with Gasteiger partial charge < -0.3 is 5.11 Å². The van der Waals surface area contributed by atoms with Crippen molar-refractivity contribution in [1.29, 1.82) is 0 Å². The van der Waals surface area contributed by atoms with Gasteiger partial charge in [0.25, 0.3) is 10.2 Å². The highest BCUT2D eigenvalue weighted by atomic mass is 32.2. The van der Waals surface area contributed by atoms with Gasteiger partial charge in [-0.15, -0.1) is 0 Å². The van der Waals surface area contributed by atoms with Gasteiger partial charge in [0.05, 0.1) is 6.10 Å². The number of nitrogens with zero attached hydrogens (tertiary/aromatic N) is 1. The van der Waals surface area contributed by atoms with E-state index in [4.69, 9.17) is 0 Å². The lowest BCUT2D eigenvalue weighted by molar-refractivity contribution is 0.178. The smallest absolute Gasteiger partial charge is 0.279 e. The van der Waals surface area contributed by atoms with Crippen LogP contribution in [0.3, 0.4) is 0 Å². The second-order valence-electron chi connectivity index (χ2n) is 5.09. The van der Waals surface area contributed by atoms with E-state index in [0.717, 1.165) is 25.7 Å². The number of hydrogen-bond donors (Lipinski definition) is 2. The van der Waals surface area contributed by atoms with Gasteiger partial charge in [-0.3, -0.25) is 0 Å². The normalized spacial score (nSPS) is 24.9. The molecule has 0 amide bonds. The summed E-state index contributed by atoms with van der Waals surface area (Å²) in [5.41, 5.74) is 0. The summed E-state index contributed by atoms with van der Waals surface area (Å²) in [4.78, 5) is 0. The largest absolute Gasteiger partial charge is 0.393 e. The Bertz CT molecular complexity index is 326. The Morgan fingerprint density at radius 1 is 1.22 bits per heavy atom. The van der Waals surface area contributed by atoms with E-state index < -0.39 is 10.2 Å². The van der Waals surface area contributed by atoms with Crippen LogP contribution in [0.15, 0.2) is 0 Å². The lowest BCUT2D eigenvalue weighted by atomic mass is 10.1. The Hall–Kier alpha value is -0.170. The molecule has 1 rings (SSSR count). The van der Waals surface area contributed by atoms with Crippen LogP contribution in [0.5, 0.6) is 0 Å². The van der Waals surface area contributed by atoms with Crippen molar-refractivity contribution in [3.05, 3.63) is 0 Å². The summed E-state index contributed by atoms with van der Waals surface area (Å²) < 4.78 is 28.4. The van der Waals surface area contributed by atoms with Crippen molar-refractivity contribution in [3.63, 3.8) is 0 Å². The first-order valence-corrected chi connectivity index (χ1v) is 8.36. The lowest BCUT2D eigenvalue weighted by Crippen LogP contribution is -2.43. The monoisotopic (exact) mass is 278 g/mol. The van der Waals surface area contributed by atoms with Gasteiger partial charge in [-0.05, 0) is 38.0 Å². The molecule has 0 saturated heterocycles. The molecule has 0 aromatic rings. The van der Waals surface area contributed by atoms with Crippen LogP contribution in [0.4, 0.5) is 0 Å². The number of nitrogens with one attached hydrogen (secondary N) is 1. The third kappa shape index (κ3) is 4.84. The van der Waals surface area contributed by atoms with Gasteiger partial charge >= 0.3 is 0 Å². The lowest BCUT2D eigenvalue weighted by Gasteiger charge is -2.22. The first-order valence-electron chi connectivity index (χ1n) is 6.92. The average Bonchev–Trinajstić information content (AvgIpc) is 2.72. The van der Waals surface area contributed by atoms with E-state index >= 15 is 0 Å². The van der Waals surface area contributed by atoms with Crippen LogP contribution in [-0.4, -0.2) is 43.6 Å². The third-order valence-electron chi connectivity index (χ3n) is 3.35. The highest BCUT2D eigenvalue weighted by Crippen LogP contribution is 2.24. The molecule has 0 heterocycles. The molecule has 108 valence electrons. The number of aliphatic hydroxyl groups is 1. The highest BCUT2D eigenvalue weighted by molar-refractivity contribution is 7.87. The van der Waals surface area contributed by atoms with Crippen molar-refractivity contribution in [2.75, 3.05) is 19.6 Å². The minimum absolute atomic E-state index is 0.248. The molecule has 2 unspecified atom stereocenters. The van der Waals surface area contributed by atoms with Crippen LogP contribution in [-0.2, 0) is 10.2 Å². The number of aliphatic hydroxyl groups excluding tert-OH is 1. The molecule has 1 aliphatic rings. The summed E-state index contributed by atoms with van der Waals surface area (Å²) in [6, 6.07) is 0. The van der Waals surface area contributed by atoms with Gasteiger partial charge in [-0.1, -0.05) is 13.8 Å². The fourth-order valence-corrected chi connectivity index (χ4v) is 3.87. The van der Waals surface area contributed by atoms with Gasteiger partial charge in [-0.2, -0.15) is 12.7 Å². The molecule has 0 aromatic heterocycles. The van der Waals surface area contributed by atoms with Crippen LogP contribution >= 0.6 is 0 Å². The molecule has 18 heavy (non-hydrogen) atoms. The molecule has 1 aliphatic carbocycles. The van der Waals surface area contributed by atoms with Crippen molar-refractivity contribution < 1.29 is 13.5 Å². The minimum atomic E-state index is -3.35. The Morgan fingerprint density at radius 2 is 1.83 bits per heavy atom. The predicted octanol–water partition coefficient (Wildman–Crippen LogP) is 1.10. The topological polar surface area (TPSA) is 69.6 Å². The minimum Gasteiger partial charge on any atom is -0.393 e. The molecule has 0 bridgehead atoms. The van der Waals surface area contributed by atoms with Gasteiger partial charge in [0.15, 0.2) is 0 Å². The molecular weight excluding hydrogens is 252 g/mol. The van der Waals surface area contributed by atoms with Gasteiger partial charge in [0, 0.05) is 19.6 Å². The summed E-state index contributed by atoms with van der Waals surface area (Å²) in [6.07, 6.45) is 3.81. The summed E-state index contributed by atoms with van der Waals surface area (Å²) in [6.45, 7) is 5.53. The van der Waals surface area contributed by atoms with E-state index in [9.17, 15) is 13.5 Å². The maximum absolute atomic E-state index is 12.1. The van der Waals surface area contributed by atoms with Gasteiger partial charge in [0.2, 0.25) is 0 Å². The molecule has 5 nitrogen and oxygen atoms in total. The van der Waals surface area contributed by atoms with E-state index in [1.165, 1.54) is 4.31 Å². The van der Waals surface area contributed by atoms with Crippen molar-refractivity contribution in [2.45, 2.75) is 52.1 Å². The summed E-state index contributed by atoms with van der Waals surface area (Å²) in [5.74, 6) is 0.278. The van der Waals surface area contributed by atoms with E-state index in [-0.39, 0.29) is 12.0 Å². The average molecular weight is 278 g/mol. The van der Waals surface area contributed by atoms with E-state index in [2.05, 4.69) is 4.72 Å². The number of hydrogen-bond acceptors (Lipinski definition) is 3. The third-order valence-corrected chi connectivity index (χ3v) is 4.93. The second-order valence-corrected chi connectivity index (χ2v) is 6.84. The van der Waals surface area contributed by atoms with Crippen molar-refractivity contribution in [1.82, 2.24) is 9.03 Å². The molecule has 0 radical (unpaired) electrons. The highest BCUT2D eigenvalue weighted by Gasteiger charge is 2.26. The zero-order valence-corrected chi connectivity index (χ0v) is 12.2. The molecule has 2 atom stereocenters. The van der Waals surface area contributed by atoms with Crippen LogP contribution in [0.1, 0.15) is 46.0 Å². The maximum atomic E-state index is 12.1. The van der Waals surface area contributed by atoms with Crippen LogP contribution in [0.25, 0.3) is 0 Å². The summed E-state index contributed by atoms with van der Waals surface area (Å²) >= 11 is 0. The zero-order valence-electron chi connectivity index (χ0n) is 11.4. The zero-order chi connectivity index (χ0) is 13.6. The van der Waals surface area contributed by atoms with Crippen LogP contribution in [0.2, 0.25) is 0 Å². The Kier molecular flexibility index (Phi) is 6.55. The van der Waals surface area contributed by atoms with Gasteiger partial charge in [-0.25, -0.2) is 4.72 Å². The molecule has 1 fully saturated rings. The Balaban J connectivity index is 2.46. The Morgan fingerprint density at radius 3 is 2.28 bits per heavy atom. The molecule has 0 aromatic carbocycles. The molecule has 1 saturated carbocycles. The van der Waals surface area contributed by atoms with Gasteiger partial charge in [0.1, 0.15) is 0 Å². The molecule has 2 N–H and O–H groups in total. The summed E-state index contributed by atoms with van der Waals surface area (Å²) in [5, 5.41) is 9.42. The first-order chi connectivity index (χ1) is 8.49. The van der Waals surface area contributed by atoms with E-state index in [0.29, 0.717) is 26.1 Å².